The molecule has 84 valence electrons. The van der Waals surface area contributed by atoms with E-state index in [1.54, 1.807) is 6.55 Å². The van der Waals surface area contributed by atoms with Crippen molar-refractivity contribution in [3.05, 3.63) is 12.2 Å². The van der Waals surface area contributed by atoms with Crippen LogP contribution in [0.2, 0.25) is 12.6 Å². The highest BCUT2D eigenvalue weighted by atomic mass is 28.3. The van der Waals surface area contributed by atoms with E-state index >= 15 is 0 Å². The van der Waals surface area contributed by atoms with Gasteiger partial charge in [-0.15, -0.1) is 0 Å². The summed E-state index contributed by atoms with van der Waals surface area (Å²) in [6.45, 7) is 1.87. The van der Waals surface area contributed by atoms with Crippen molar-refractivity contribution in [2.24, 2.45) is 0 Å². The third kappa shape index (κ3) is 9.01. The number of hydrogen-bond donors (Lipinski definition) is 0. The monoisotopic (exact) mass is 230 g/mol. The van der Waals surface area contributed by atoms with Crippen LogP contribution in [0.25, 0.3) is 0 Å². The van der Waals surface area contributed by atoms with Crippen LogP contribution in [0, 0.1) is 0 Å². The minimum atomic E-state index is -1.50. The molecule has 0 unspecified atom stereocenters. The van der Waals surface area contributed by atoms with Gasteiger partial charge < -0.3 is 13.9 Å². The van der Waals surface area contributed by atoms with Crippen LogP contribution in [0.1, 0.15) is 6.42 Å². The van der Waals surface area contributed by atoms with Crippen molar-refractivity contribution >= 4 is 20.6 Å². The highest BCUT2D eigenvalue weighted by molar-refractivity contribution is 6.40. The van der Waals surface area contributed by atoms with Gasteiger partial charge in [-0.1, -0.05) is 0 Å². The Kier molecular flexibility index (Phi) is 7.34. The lowest BCUT2D eigenvalue weighted by Gasteiger charge is -1.99. The molecule has 5 nitrogen and oxygen atoms in total. The molecule has 0 spiro atoms. The van der Waals surface area contributed by atoms with E-state index in [-0.39, 0.29) is 6.61 Å². The molecule has 0 amide bonds. The lowest BCUT2D eigenvalue weighted by Crippen LogP contribution is -2.05. The zero-order valence-electron chi connectivity index (χ0n) is 8.82. The molecule has 6 heteroatoms. The summed E-state index contributed by atoms with van der Waals surface area (Å²) in [4.78, 5) is 21.5. The van der Waals surface area contributed by atoms with Gasteiger partial charge in [0.05, 0.1) is 13.7 Å². The van der Waals surface area contributed by atoms with Gasteiger partial charge in [0.25, 0.3) is 8.68 Å². The molecule has 0 saturated carbocycles. The Labute approximate surface area is 89.7 Å². The van der Waals surface area contributed by atoms with E-state index in [1.807, 2.05) is 0 Å². The van der Waals surface area contributed by atoms with Crippen LogP contribution in [0.5, 0.6) is 0 Å². The second-order valence-corrected chi connectivity index (χ2v) is 4.73. The molecule has 0 fully saturated rings. The topological polar surface area (TPSA) is 69.7 Å². The minimum Gasteiger partial charge on any atom is -0.466 e. The number of ether oxygens (including phenoxy) is 2. The van der Waals surface area contributed by atoms with Crippen molar-refractivity contribution in [3.63, 3.8) is 0 Å². The van der Waals surface area contributed by atoms with E-state index in [4.69, 9.17) is 4.74 Å². The molecule has 0 aliphatic heterocycles. The Morgan fingerprint density at radius 3 is 2.40 bits per heavy atom. The van der Waals surface area contributed by atoms with E-state index in [2.05, 4.69) is 4.74 Å². The smallest absolute Gasteiger partial charge is 0.331 e. The first kappa shape index (κ1) is 13.7. The fourth-order valence-corrected chi connectivity index (χ4v) is 1.39. The molecule has 0 aliphatic rings. The highest BCUT2D eigenvalue weighted by Crippen LogP contribution is 1.93. The van der Waals surface area contributed by atoms with Gasteiger partial charge in [0.15, 0.2) is 0 Å². The number of carbonyl (C=O) groups is 2. The fourth-order valence-electron chi connectivity index (χ4n) is 0.746. The van der Waals surface area contributed by atoms with E-state index in [0.29, 0.717) is 12.5 Å². The first-order valence-electron chi connectivity index (χ1n) is 4.48. The van der Waals surface area contributed by atoms with Crippen LogP contribution in [0.15, 0.2) is 12.2 Å². The molecule has 0 N–H and O–H groups in total. The average molecular weight is 230 g/mol. The largest absolute Gasteiger partial charge is 0.466 e. The molecule has 0 atom stereocenters. The highest BCUT2D eigenvalue weighted by Gasteiger charge is 2.00. The SMILES string of the molecule is COC(=O)/C=C\C(=O)OCCC[Si](C)=O. The van der Waals surface area contributed by atoms with E-state index in [0.717, 1.165) is 12.2 Å². The average Bonchev–Trinajstić information content (AvgIpc) is 2.20. The summed E-state index contributed by atoms with van der Waals surface area (Å²) in [6.07, 6.45) is 2.57. The van der Waals surface area contributed by atoms with Crippen LogP contribution in [-0.2, 0) is 23.5 Å². The summed E-state index contributed by atoms with van der Waals surface area (Å²) < 4.78 is 19.7. The minimum absolute atomic E-state index is 0.217. The molecule has 0 aromatic carbocycles. The molecule has 15 heavy (non-hydrogen) atoms. The molecule has 0 rings (SSSR count). The molecule has 0 radical (unpaired) electrons. The fraction of sp³-hybridized carbons (Fsp3) is 0.556. The Bertz CT molecular complexity index is 272. The quantitative estimate of drug-likeness (QED) is 0.291. The number of methoxy groups -OCH3 is 1. The van der Waals surface area contributed by atoms with Crippen LogP contribution >= 0.6 is 0 Å². The van der Waals surface area contributed by atoms with Gasteiger partial charge in [-0.05, 0) is 19.0 Å². The summed E-state index contributed by atoms with van der Waals surface area (Å²) in [5, 5.41) is 0. The second-order valence-electron chi connectivity index (χ2n) is 2.83. The maximum Gasteiger partial charge on any atom is 0.331 e. The normalized spacial score (nSPS) is 10.0. The lowest BCUT2D eigenvalue weighted by molar-refractivity contribution is -0.139. The van der Waals surface area contributed by atoms with Gasteiger partial charge in [0.1, 0.15) is 0 Å². The van der Waals surface area contributed by atoms with Crippen molar-refractivity contribution in [1.82, 2.24) is 0 Å². The Morgan fingerprint density at radius 2 is 1.87 bits per heavy atom. The van der Waals surface area contributed by atoms with Crippen molar-refractivity contribution in [2.45, 2.75) is 19.0 Å². The van der Waals surface area contributed by atoms with Gasteiger partial charge in [-0.25, -0.2) is 9.59 Å². The molecule has 0 aliphatic carbocycles. The predicted octanol–water partition coefficient (Wildman–Crippen LogP) is 0.701. The summed E-state index contributed by atoms with van der Waals surface area (Å²) in [5.41, 5.74) is 0. The summed E-state index contributed by atoms with van der Waals surface area (Å²) >= 11 is 0. The van der Waals surface area contributed by atoms with Crippen molar-refractivity contribution in [2.75, 3.05) is 13.7 Å². The van der Waals surface area contributed by atoms with Gasteiger partial charge in [-0.3, -0.25) is 0 Å². The maximum absolute atomic E-state index is 10.9. The summed E-state index contributed by atoms with van der Waals surface area (Å²) in [5.74, 6) is -1.21. The molecule has 0 bridgehead atoms. The van der Waals surface area contributed by atoms with E-state index in [9.17, 15) is 14.1 Å². The maximum atomic E-state index is 10.9. The summed E-state index contributed by atoms with van der Waals surface area (Å²) in [6, 6.07) is 0.568. The van der Waals surface area contributed by atoms with Crippen LogP contribution < -0.4 is 0 Å². The Morgan fingerprint density at radius 1 is 1.27 bits per heavy atom. The summed E-state index contributed by atoms with van der Waals surface area (Å²) in [7, 11) is -0.276. The molecule has 0 aromatic rings. The van der Waals surface area contributed by atoms with Crippen molar-refractivity contribution in [1.29, 1.82) is 0 Å². The van der Waals surface area contributed by atoms with Crippen LogP contribution in [-0.4, -0.2) is 34.3 Å². The number of carbonyl (C=O) groups excluding carboxylic acids is 2. The van der Waals surface area contributed by atoms with Gasteiger partial charge >= 0.3 is 11.9 Å². The molecular formula is C9H14O5Si. The zero-order valence-corrected chi connectivity index (χ0v) is 9.82. The first-order chi connectivity index (χ1) is 7.06. The zero-order chi connectivity index (χ0) is 11.7. The van der Waals surface area contributed by atoms with Crippen LogP contribution in [0.4, 0.5) is 0 Å². The van der Waals surface area contributed by atoms with Gasteiger partial charge in [0, 0.05) is 12.2 Å². The second kappa shape index (κ2) is 8.04. The Balaban J connectivity index is 3.62. The molecule has 0 aromatic heterocycles. The number of hydrogen-bond acceptors (Lipinski definition) is 5. The van der Waals surface area contributed by atoms with E-state index < -0.39 is 20.6 Å². The standard InChI is InChI=1S/C9H14O5Si/c1-13-8(10)4-5-9(11)14-6-3-7-15(2)12/h4-5H,3,6-7H2,1-2H3/b5-4-. The number of rotatable bonds is 6. The number of esters is 2. The molecule has 0 heterocycles. The third-order valence-electron chi connectivity index (χ3n) is 1.47. The van der Waals surface area contributed by atoms with Crippen molar-refractivity contribution in [3.8, 4) is 0 Å². The molecular weight excluding hydrogens is 216 g/mol. The Hall–Kier alpha value is -1.30. The first-order valence-corrected chi connectivity index (χ1v) is 6.60. The predicted molar refractivity (Wildman–Crippen MR) is 53.8 cm³/mol. The van der Waals surface area contributed by atoms with Gasteiger partial charge in [0.2, 0.25) is 0 Å². The van der Waals surface area contributed by atoms with E-state index in [1.165, 1.54) is 7.11 Å². The van der Waals surface area contributed by atoms with Crippen LogP contribution in [0.3, 0.4) is 0 Å². The third-order valence-corrected chi connectivity index (χ3v) is 2.53. The van der Waals surface area contributed by atoms with Gasteiger partial charge in [-0.2, -0.15) is 0 Å². The molecule has 0 saturated heterocycles. The lowest BCUT2D eigenvalue weighted by atomic mass is 10.5. The van der Waals surface area contributed by atoms with Crippen molar-refractivity contribution < 1.29 is 23.5 Å².